The average Bonchev–Trinajstić information content (AvgIpc) is 3.11. The first-order valence-electron chi connectivity index (χ1n) is 8.20. The van der Waals surface area contributed by atoms with Gasteiger partial charge in [0.25, 0.3) is 0 Å². The van der Waals surface area contributed by atoms with E-state index in [1.54, 1.807) is 4.90 Å². The number of aliphatic hydroxyl groups excluding tert-OH is 1. The SMILES string of the molecule is O=C(NCc1ccc(Oc2ccccc2)cc1)N1CCC(CO)C1. The summed E-state index contributed by atoms with van der Waals surface area (Å²) in [5.41, 5.74) is 1.02. The van der Waals surface area contributed by atoms with E-state index in [0.717, 1.165) is 23.5 Å². The maximum Gasteiger partial charge on any atom is 0.317 e. The Bertz CT molecular complexity index is 658. The topological polar surface area (TPSA) is 61.8 Å². The van der Waals surface area contributed by atoms with Gasteiger partial charge >= 0.3 is 6.03 Å². The quantitative estimate of drug-likeness (QED) is 0.888. The Balaban J connectivity index is 1.48. The molecular weight excluding hydrogens is 304 g/mol. The minimum absolute atomic E-state index is 0.0736. The van der Waals surface area contributed by atoms with Crippen molar-refractivity contribution in [3.05, 3.63) is 60.2 Å². The molecule has 3 rings (SSSR count). The van der Waals surface area contributed by atoms with Crippen molar-refractivity contribution in [1.82, 2.24) is 10.2 Å². The van der Waals surface area contributed by atoms with Gasteiger partial charge in [-0.25, -0.2) is 4.79 Å². The predicted octanol–water partition coefficient (Wildman–Crippen LogP) is 3.00. The largest absolute Gasteiger partial charge is 0.457 e. The van der Waals surface area contributed by atoms with Crippen LogP contribution in [0.5, 0.6) is 11.5 Å². The Hall–Kier alpha value is -2.53. The van der Waals surface area contributed by atoms with Gasteiger partial charge in [0.05, 0.1) is 0 Å². The van der Waals surface area contributed by atoms with Crippen molar-refractivity contribution in [1.29, 1.82) is 0 Å². The summed E-state index contributed by atoms with van der Waals surface area (Å²) in [5.74, 6) is 1.78. The van der Waals surface area contributed by atoms with E-state index in [2.05, 4.69) is 5.32 Å². The third kappa shape index (κ3) is 4.26. The van der Waals surface area contributed by atoms with Crippen molar-refractivity contribution in [3.63, 3.8) is 0 Å². The molecule has 0 aliphatic carbocycles. The second-order valence-corrected chi connectivity index (χ2v) is 6.00. The molecule has 2 N–H and O–H groups in total. The van der Waals surface area contributed by atoms with Gasteiger partial charge in [0.15, 0.2) is 0 Å². The fraction of sp³-hybridized carbons (Fsp3) is 0.316. The molecule has 1 atom stereocenters. The highest BCUT2D eigenvalue weighted by atomic mass is 16.5. The number of carbonyl (C=O) groups excluding carboxylic acids is 1. The van der Waals surface area contributed by atoms with Crippen molar-refractivity contribution in [2.24, 2.45) is 5.92 Å². The van der Waals surface area contributed by atoms with Crippen molar-refractivity contribution >= 4 is 6.03 Å². The summed E-state index contributed by atoms with van der Waals surface area (Å²) in [6, 6.07) is 17.2. The number of nitrogens with one attached hydrogen (secondary N) is 1. The molecule has 0 radical (unpaired) electrons. The van der Waals surface area contributed by atoms with Crippen molar-refractivity contribution in [3.8, 4) is 11.5 Å². The number of carbonyl (C=O) groups is 1. The molecule has 24 heavy (non-hydrogen) atoms. The molecular formula is C19H22N2O3. The Morgan fingerprint density at radius 3 is 2.50 bits per heavy atom. The van der Waals surface area contributed by atoms with Crippen LogP contribution in [0.1, 0.15) is 12.0 Å². The van der Waals surface area contributed by atoms with Crippen molar-refractivity contribution in [2.75, 3.05) is 19.7 Å². The molecule has 0 bridgehead atoms. The van der Waals surface area contributed by atoms with Crippen molar-refractivity contribution in [2.45, 2.75) is 13.0 Å². The van der Waals surface area contributed by atoms with E-state index >= 15 is 0 Å². The van der Waals surface area contributed by atoms with Gasteiger partial charge in [0.1, 0.15) is 11.5 Å². The van der Waals surface area contributed by atoms with Gasteiger partial charge in [-0.05, 0) is 36.2 Å². The lowest BCUT2D eigenvalue weighted by Gasteiger charge is -2.17. The Morgan fingerprint density at radius 1 is 1.12 bits per heavy atom. The van der Waals surface area contributed by atoms with Crippen LogP contribution >= 0.6 is 0 Å². The zero-order chi connectivity index (χ0) is 16.8. The molecule has 0 spiro atoms. The van der Waals surface area contributed by atoms with E-state index in [1.165, 1.54) is 0 Å². The fourth-order valence-electron chi connectivity index (χ4n) is 2.76. The number of urea groups is 1. The number of amides is 2. The van der Waals surface area contributed by atoms with Crippen LogP contribution in [0.3, 0.4) is 0 Å². The Kier molecular flexibility index (Phi) is 5.33. The number of nitrogens with zero attached hydrogens (tertiary/aromatic N) is 1. The Morgan fingerprint density at radius 2 is 1.83 bits per heavy atom. The smallest absolute Gasteiger partial charge is 0.317 e. The molecule has 1 fully saturated rings. The predicted molar refractivity (Wildman–Crippen MR) is 92.0 cm³/mol. The number of para-hydroxylation sites is 1. The lowest BCUT2D eigenvalue weighted by atomic mass is 10.1. The van der Waals surface area contributed by atoms with Crippen LogP contribution in [0, 0.1) is 5.92 Å². The molecule has 1 aliphatic heterocycles. The summed E-state index contributed by atoms with van der Waals surface area (Å²) in [5, 5.41) is 12.1. The maximum absolute atomic E-state index is 12.1. The number of rotatable bonds is 5. The van der Waals surface area contributed by atoms with E-state index in [1.807, 2.05) is 54.6 Å². The minimum Gasteiger partial charge on any atom is -0.457 e. The fourth-order valence-corrected chi connectivity index (χ4v) is 2.76. The number of hydrogen-bond donors (Lipinski definition) is 2. The maximum atomic E-state index is 12.1. The molecule has 1 heterocycles. The highest BCUT2D eigenvalue weighted by Crippen LogP contribution is 2.21. The summed E-state index contributed by atoms with van der Waals surface area (Å²) in [6.07, 6.45) is 0.870. The molecule has 0 saturated carbocycles. The van der Waals surface area contributed by atoms with Crippen LogP contribution in [-0.2, 0) is 6.54 Å². The number of likely N-dealkylation sites (tertiary alicyclic amines) is 1. The van der Waals surface area contributed by atoms with Gasteiger partial charge in [-0.1, -0.05) is 30.3 Å². The number of hydrogen-bond acceptors (Lipinski definition) is 3. The summed E-state index contributed by atoms with van der Waals surface area (Å²) in [7, 11) is 0. The molecule has 1 unspecified atom stereocenters. The number of benzene rings is 2. The van der Waals surface area contributed by atoms with E-state index in [9.17, 15) is 4.79 Å². The third-order valence-corrected chi connectivity index (χ3v) is 4.18. The van der Waals surface area contributed by atoms with Crippen LogP contribution in [-0.4, -0.2) is 35.7 Å². The van der Waals surface area contributed by atoms with Crippen LogP contribution < -0.4 is 10.1 Å². The van der Waals surface area contributed by atoms with Gasteiger partial charge in [-0.3, -0.25) is 0 Å². The van der Waals surface area contributed by atoms with Crippen LogP contribution in [0.15, 0.2) is 54.6 Å². The summed E-state index contributed by atoms with van der Waals surface area (Å²) in [6.45, 7) is 1.96. The van der Waals surface area contributed by atoms with E-state index in [4.69, 9.17) is 9.84 Å². The first-order valence-corrected chi connectivity index (χ1v) is 8.20. The summed E-state index contributed by atoms with van der Waals surface area (Å²) in [4.78, 5) is 13.9. The molecule has 5 heteroatoms. The van der Waals surface area contributed by atoms with Gasteiger partial charge in [-0.15, -0.1) is 0 Å². The Labute approximate surface area is 141 Å². The highest BCUT2D eigenvalue weighted by molar-refractivity contribution is 5.74. The first kappa shape index (κ1) is 16.3. The normalized spacial score (nSPS) is 16.9. The van der Waals surface area contributed by atoms with Gasteiger partial charge in [-0.2, -0.15) is 0 Å². The molecule has 0 aromatic heterocycles. The molecule has 5 nitrogen and oxygen atoms in total. The third-order valence-electron chi connectivity index (χ3n) is 4.18. The van der Waals surface area contributed by atoms with Crippen LogP contribution in [0.2, 0.25) is 0 Å². The van der Waals surface area contributed by atoms with Crippen LogP contribution in [0.25, 0.3) is 0 Å². The highest BCUT2D eigenvalue weighted by Gasteiger charge is 2.25. The molecule has 1 aliphatic rings. The van der Waals surface area contributed by atoms with Gasteiger partial charge in [0, 0.05) is 32.2 Å². The molecule has 2 aromatic carbocycles. The number of aliphatic hydroxyl groups is 1. The van der Waals surface area contributed by atoms with E-state index in [0.29, 0.717) is 19.6 Å². The monoisotopic (exact) mass is 326 g/mol. The average molecular weight is 326 g/mol. The summed E-state index contributed by atoms with van der Waals surface area (Å²) >= 11 is 0. The second kappa shape index (κ2) is 7.84. The molecule has 2 aromatic rings. The van der Waals surface area contributed by atoms with E-state index in [-0.39, 0.29) is 18.6 Å². The van der Waals surface area contributed by atoms with Crippen LogP contribution in [0.4, 0.5) is 4.79 Å². The standard InChI is InChI=1S/C19H22N2O3/c22-14-16-10-11-21(13-16)19(23)20-12-15-6-8-18(9-7-15)24-17-4-2-1-3-5-17/h1-9,16,22H,10-14H2,(H,20,23). The molecule has 2 amide bonds. The lowest BCUT2D eigenvalue weighted by molar-refractivity contribution is 0.198. The van der Waals surface area contributed by atoms with Gasteiger partial charge < -0.3 is 20.1 Å². The molecule has 126 valence electrons. The van der Waals surface area contributed by atoms with Crippen molar-refractivity contribution < 1.29 is 14.6 Å². The lowest BCUT2D eigenvalue weighted by Crippen LogP contribution is -2.38. The summed E-state index contributed by atoms with van der Waals surface area (Å²) < 4.78 is 5.75. The van der Waals surface area contributed by atoms with Gasteiger partial charge in [0.2, 0.25) is 0 Å². The van der Waals surface area contributed by atoms with E-state index < -0.39 is 0 Å². The zero-order valence-corrected chi connectivity index (χ0v) is 13.5. The first-order chi connectivity index (χ1) is 11.7. The minimum atomic E-state index is -0.0736. The zero-order valence-electron chi connectivity index (χ0n) is 13.5. The molecule has 1 saturated heterocycles. The second-order valence-electron chi connectivity index (χ2n) is 6.00. The number of ether oxygens (including phenoxy) is 1.